The Kier molecular flexibility index (Phi) is 3.23. The molecule has 1 fully saturated rings. The maximum absolute atomic E-state index is 9.64. The average molecular weight is 207 g/mol. The van der Waals surface area contributed by atoms with Crippen molar-refractivity contribution in [3.05, 3.63) is 30.3 Å². The van der Waals surface area contributed by atoms with Crippen molar-refractivity contribution in [3.63, 3.8) is 0 Å². The zero-order valence-electron chi connectivity index (χ0n) is 8.71. The first kappa shape index (κ1) is 10.5. The Labute approximate surface area is 90.0 Å². The van der Waals surface area contributed by atoms with Crippen LogP contribution < -0.4 is 4.90 Å². The minimum absolute atomic E-state index is 0.123. The van der Waals surface area contributed by atoms with E-state index in [1.165, 1.54) is 0 Å². The van der Waals surface area contributed by atoms with Gasteiger partial charge in [0.15, 0.2) is 0 Å². The number of hydrogen-bond acceptors (Lipinski definition) is 3. The molecule has 1 aromatic rings. The second-order valence-electron chi connectivity index (χ2n) is 3.96. The largest absolute Gasteiger partial charge is 0.395 e. The van der Waals surface area contributed by atoms with Crippen molar-refractivity contribution in [2.75, 3.05) is 18.1 Å². The summed E-state index contributed by atoms with van der Waals surface area (Å²) >= 11 is 0. The molecule has 0 radical (unpaired) electrons. The Hall–Kier alpha value is -1.06. The molecule has 1 saturated carbocycles. The van der Waals surface area contributed by atoms with Crippen LogP contribution in [-0.4, -0.2) is 35.5 Å². The lowest BCUT2D eigenvalue weighted by atomic mass is 9.87. The standard InChI is InChI=1S/C12H17NO2/c14-9-8-13(11-6-7-12(11)15)10-4-2-1-3-5-10/h1-5,11-12,14-15H,6-9H2/t11-,12-/m1/s1. The van der Waals surface area contributed by atoms with Gasteiger partial charge in [0, 0.05) is 12.2 Å². The lowest BCUT2D eigenvalue weighted by molar-refractivity contribution is 0.0628. The molecule has 1 aromatic carbocycles. The van der Waals surface area contributed by atoms with Gasteiger partial charge in [0.1, 0.15) is 0 Å². The number of aliphatic hydroxyl groups is 2. The van der Waals surface area contributed by atoms with Gasteiger partial charge in [-0.05, 0) is 25.0 Å². The molecule has 2 rings (SSSR count). The van der Waals surface area contributed by atoms with Gasteiger partial charge in [0.05, 0.1) is 18.8 Å². The Bertz CT molecular complexity index is 302. The van der Waals surface area contributed by atoms with Crippen molar-refractivity contribution < 1.29 is 10.2 Å². The molecular weight excluding hydrogens is 190 g/mol. The lowest BCUT2D eigenvalue weighted by Gasteiger charge is -2.42. The van der Waals surface area contributed by atoms with Crippen molar-refractivity contribution in [3.8, 4) is 0 Å². The minimum atomic E-state index is -0.239. The van der Waals surface area contributed by atoms with E-state index in [0.29, 0.717) is 6.54 Å². The van der Waals surface area contributed by atoms with Crippen LogP contribution in [0.15, 0.2) is 30.3 Å². The fourth-order valence-corrected chi connectivity index (χ4v) is 2.04. The average Bonchev–Trinajstić information content (AvgIpc) is 2.28. The summed E-state index contributed by atoms with van der Waals surface area (Å²) in [6.07, 6.45) is 1.65. The van der Waals surface area contributed by atoms with E-state index in [1.54, 1.807) is 0 Å². The summed E-state index contributed by atoms with van der Waals surface area (Å²) in [5.74, 6) is 0. The highest BCUT2D eigenvalue weighted by Crippen LogP contribution is 2.29. The van der Waals surface area contributed by atoms with Gasteiger partial charge in [-0.15, -0.1) is 0 Å². The third-order valence-electron chi connectivity index (χ3n) is 3.03. The van der Waals surface area contributed by atoms with E-state index in [9.17, 15) is 5.11 Å². The summed E-state index contributed by atoms with van der Waals surface area (Å²) in [7, 11) is 0. The molecule has 0 amide bonds. The van der Waals surface area contributed by atoms with E-state index >= 15 is 0 Å². The molecular formula is C12H17NO2. The van der Waals surface area contributed by atoms with Crippen LogP contribution in [0.5, 0.6) is 0 Å². The molecule has 15 heavy (non-hydrogen) atoms. The fourth-order valence-electron chi connectivity index (χ4n) is 2.04. The van der Waals surface area contributed by atoms with E-state index in [0.717, 1.165) is 18.5 Å². The zero-order valence-corrected chi connectivity index (χ0v) is 8.71. The molecule has 0 saturated heterocycles. The van der Waals surface area contributed by atoms with Crippen molar-refractivity contribution in [1.29, 1.82) is 0 Å². The predicted molar refractivity (Wildman–Crippen MR) is 59.9 cm³/mol. The number of anilines is 1. The summed E-state index contributed by atoms with van der Waals surface area (Å²) in [5, 5.41) is 18.7. The zero-order chi connectivity index (χ0) is 10.7. The quantitative estimate of drug-likeness (QED) is 0.774. The Morgan fingerprint density at radius 1 is 1.20 bits per heavy atom. The van der Waals surface area contributed by atoms with Crippen molar-refractivity contribution in [1.82, 2.24) is 0 Å². The maximum Gasteiger partial charge on any atom is 0.0744 e. The number of rotatable bonds is 4. The van der Waals surface area contributed by atoms with Gasteiger partial charge in [-0.3, -0.25) is 0 Å². The first-order valence-electron chi connectivity index (χ1n) is 5.43. The summed E-state index contributed by atoms with van der Waals surface area (Å²) in [4.78, 5) is 2.09. The van der Waals surface area contributed by atoms with Gasteiger partial charge >= 0.3 is 0 Å². The van der Waals surface area contributed by atoms with Crippen LogP contribution in [0.4, 0.5) is 5.69 Å². The van der Waals surface area contributed by atoms with Crippen LogP contribution >= 0.6 is 0 Å². The van der Waals surface area contributed by atoms with E-state index in [2.05, 4.69) is 4.90 Å². The highest BCUT2D eigenvalue weighted by atomic mass is 16.3. The molecule has 0 spiro atoms. The van der Waals surface area contributed by atoms with E-state index < -0.39 is 0 Å². The molecule has 2 N–H and O–H groups in total. The maximum atomic E-state index is 9.64. The summed E-state index contributed by atoms with van der Waals surface area (Å²) in [6.45, 7) is 0.712. The normalized spacial score (nSPS) is 24.7. The summed E-state index contributed by atoms with van der Waals surface area (Å²) < 4.78 is 0. The fraction of sp³-hybridized carbons (Fsp3) is 0.500. The molecule has 0 unspecified atom stereocenters. The molecule has 3 heteroatoms. The van der Waals surface area contributed by atoms with Crippen molar-refractivity contribution >= 4 is 5.69 Å². The Balaban J connectivity index is 2.12. The highest BCUT2D eigenvalue weighted by molar-refractivity contribution is 5.48. The van der Waals surface area contributed by atoms with E-state index in [4.69, 9.17) is 5.11 Å². The highest BCUT2D eigenvalue weighted by Gasteiger charge is 2.33. The molecule has 0 aliphatic heterocycles. The monoisotopic (exact) mass is 207 g/mol. The first-order valence-corrected chi connectivity index (χ1v) is 5.43. The van der Waals surface area contributed by atoms with E-state index in [1.807, 2.05) is 30.3 Å². The molecule has 0 heterocycles. The molecule has 1 aliphatic rings. The van der Waals surface area contributed by atoms with E-state index in [-0.39, 0.29) is 18.8 Å². The topological polar surface area (TPSA) is 43.7 Å². The Morgan fingerprint density at radius 3 is 2.40 bits per heavy atom. The second kappa shape index (κ2) is 4.64. The molecule has 0 bridgehead atoms. The molecule has 2 atom stereocenters. The first-order chi connectivity index (χ1) is 7.33. The third-order valence-corrected chi connectivity index (χ3v) is 3.03. The van der Waals surface area contributed by atoms with Crippen LogP contribution in [0.1, 0.15) is 12.8 Å². The van der Waals surface area contributed by atoms with Crippen molar-refractivity contribution in [2.45, 2.75) is 25.0 Å². The van der Waals surface area contributed by atoms with Crippen LogP contribution in [-0.2, 0) is 0 Å². The van der Waals surface area contributed by atoms with Gasteiger partial charge in [0.2, 0.25) is 0 Å². The Morgan fingerprint density at radius 2 is 1.93 bits per heavy atom. The van der Waals surface area contributed by atoms with Crippen LogP contribution in [0.25, 0.3) is 0 Å². The van der Waals surface area contributed by atoms with Gasteiger partial charge in [-0.2, -0.15) is 0 Å². The van der Waals surface area contributed by atoms with Gasteiger partial charge < -0.3 is 15.1 Å². The third kappa shape index (κ3) is 2.13. The number of para-hydroxylation sites is 1. The van der Waals surface area contributed by atoms with Gasteiger partial charge in [-0.1, -0.05) is 18.2 Å². The second-order valence-corrected chi connectivity index (χ2v) is 3.96. The lowest BCUT2D eigenvalue weighted by Crippen LogP contribution is -2.51. The molecule has 1 aliphatic carbocycles. The number of nitrogens with zero attached hydrogens (tertiary/aromatic N) is 1. The minimum Gasteiger partial charge on any atom is -0.395 e. The summed E-state index contributed by atoms with van der Waals surface area (Å²) in [5.41, 5.74) is 1.08. The van der Waals surface area contributed by atoms with Crippen LogP contribution in [0, 0.1) is 0 Å². The number of hydrogen-bond donors (Lipinski definition) is 2. The SMILES string of the molecule is OCCN(c1ccccc1)[C@@H]1CC[C@H]1O. The molecule has 0 aromatic heterocycles. The van der Waals surface area contributed by atoms with Gasteiger partial charge in [-0.25, -0.2) is 0 Å². The van der Waals surface area contributed by atoms with Crippen LogP contribution in [0.2, 0.25) is 0 Å². The van der Waals surface area contributed by atoms with Crippen LogP contribution in [0.3, 0.4) is 0 Å². The number of aliphatic hydroxyl groups excluding tert-OH is 2. The summed E-state index contributed by atoms with van der Waals surface area (Å²) in [6, 6.07) is 10.1. The van der Waals surface area contributed by atoms with Crippen molar-refractivity contribution in [2.24, 2.45) is 0 Å². The predicted octanol–water partition coefficient (Wildman–Crippen LogP) is 1.01. The molecule has 3 nitrogen and oxygen atoms in total. The number of benzene rings is 1. The van der Waals surface area contributed by atoms with Gasteiger partial charge in [0.25, 0.3) is 0 Å². The molecule has 82 valence electrons. The smallest absolute Gasteiger partial charge is 0.0744 e.